The Morgan fingerprint density at radius 3 is 2.95 bits per heavy atom. The average Bonchev–Trinajstić information content (AvgIpc) is 2.89. The zero-order chi connectivity index (χ0) is 13.9. The highest BCUT2D eigenvalue weighted by Gasteiger charge is 2.08. The molecule has 0 bridgehead atoms. The van der Waals surface area contributed by atoms with Crippen molar-refractivity contribution < 1.29 is 9.90 Å². The Labute approximate surface area is 115 Å². The minimum absolute atomic E-state index is 0.0390. The van der Waals surface area contributed by atoms with Gasteiger partial charge in [-0.25, -0.2) is 9.97 Å². The normalized spacial score (nSPS) is 10.8. The lowest BCUT2D eigenvalue weighted by Crippen LogP contribution is -2.01. The number of fused-ring (bicyclic) bond motifs is 1. The smallest absolute Gasteiger partial charge is 0.303 e. The van der Waals surface area contributed by atoms with Crippen LogP contribution in [-0.2, 0) is 11.2 Å². The number of carboxylic acids is 1. The number of carbonyl (C=O) groups is 1. The number of nitrogens with zero attached hydrogens (tertiary/aromatic N) is 2. The van der Waals surface area contributed by atoms with E-state index in [1.54, 1.807) is 6.20 Å². The first-order valence-electron chi connectivity index (χ1n) is 6.34. The summed E-state index contributed by atoms with van der Waals surface area (Å²) in [5.74, 6) is -0.290. The molecule has 0 unspecified atom stereocenters. The number of H-pyrrole nitrogens is 1. The summed E-state index contributed by atoms with van der Waals surface area (Å²) in [6.07, 6.45) is 3.96. The Morgan fingerprint density at radius 2 is 2.10 bits per heavy atom. The van der Waals surface area contributed by atoms with Gasteiger partial charge in [-0.15, -0.1) is 0 Å². The van der Waals surface area contributed by atoms with Gasteiger partial charge in [0.25, 0.3) is 0 Å². The zero-order valence-electron chi connectivity index (χ0n) is 10.7. The molecule has 3 aromatic rings. The SMILES string of the molecule is O=C(O)CCc1nccc(-c2c[nH]c3ccccc23)n1. The molecule has 0 aliphatic rings. The number of hydrogen-bond donors (Lipinski definition) is 2. The fraction of sp³-hybridized carbons (Fsp3) is 0.133. The second kappa shape index (κ2) is 5.13. The Hall–Kier alpha value is -2.69. The maximum absolute atomic E-state index is 10.6. The van der Waals surface area contributed by atoms with Crippen molar-refractivity contribution in [3.63, 3.8) is 0 Å². The van der Waals surface area contributed by atoms with Crippen LogP contribution < -0.4 is 0 Å². The molecule has 0 atom stereocenters. The van der Waals surface area contributed by atoms with E-state index < -0.39 is 5.97 Å². The molecule has 0 aliphatic carbocycles. The molecule has 0 radical (unpaired) electrons. The number of carboxylic acid groups (broad SMARTS) is 1. The van der Waals surface area contributed by atoms with Crippen LogP contribution in [0.15, 0.2) is 42.7 Å². The standard InChI is InChI=1S/C15H13N3O2/c19-15(20)6-5-14-16-8-7-13(18-14)11-9-17-12-4-2-1-3-10(11)12/h1-4,7-9,17H,5-6H2,(H,19,20). The lowest BCUT2D eigenvalue weighted by Gasteiger charge is -2.02. The van der Waals surface area contributed by atoms with Crippen LogP contribution in [0.2, 0.25) is 0 Å². The molecule has 0 fully saturated rings. The summed E-state index contributed by atoms with van der Waals surface area (Å²) in [5, 5.41) is 9.80. The van der Waals surface area contributed by atoms with Crippen molar-refractivity contribution in [2.75, 3.05) is 0 Å². The molecule has 0 aliphatic heterocycles. The van der Waals surface area contributed by atoms with E-state index >= 15 is 0 Å². The van der Waals surface area contributed by atoms with Gasteiger partial charge in [0, 0.05) is 35.3 Å². The van der Waals surface area contributed by atoms with Crippen LogP contribution in [0.3, 0.4) is 0 Å². The third-order valence-corrected chi connectivity index (χ3v) is 3.13. The number of aryl methyl sites for hydroxylation is 1. The van der Waals surface area contributed by atoms with E-state index in [4.69, 9.17) is 5.11 Å². The number of nitrogens with one attached hydrogen (secondary N) is 1. The molecule has 0 saturated heterocycles. The molecule has 2 heterocycles. The van der Waals surface area contributed by atoms with Gasteiger partial charge >= 0.3 is 5.97 Å². The van der Waals surface area contributed by atoms with E-state index in [2.05, 4.69) is 15.0 Å². The van der Waals surface area contributed by atoms with Gasteiger partial charge < -0.3 is 10.1 Å². The second-order valence-corrected chi connectivity index (χ2v) is 4.50. The molecule has 5 nitrogen and oxygen atoms in total. The summed E-state index contributed by atoms with van der Waals surface area (Å²) in [4.78, 5) is 22.4. The number of hydrogen-bond acceptors (Lipinski definition) is 3. The van der Waals surface area contributed by atoms with Gasteiger partial charge in [-0.2, -0.15) is 0 Å². The van der Waals surface area contributed by atoms with E-state index in [0.717, 1.165) is 22.2 Å². The molecule has 2 N–H and O–H groups in total. The van der Waals surface area contributed by atoms with Gasteiger partial charge in [0.15, 0.2) is 0 Å². The molecule has 0 saturated carbocycles. The first-order valence-corrected chi connectivity index (χ1v) is 6.34. The molecule has 3 rings (SSSR count). The monoisotopic (exact) mass is 267 g/mol. The molecule has 0 spiro atoms. The lowest BCUT2D eigenvalue weighted by atomic mass is 10.1. The predicted molar refractivity (Wildman–Crippen MR) is 75.3 cm³/mol. The highest BCUT2D eigenvalue weighted by Crippen LogP contribution is 2.26. The molecular weight excluding hydrogens is 254 g/mol. The summed E-state index contributed by atoms with van der Waals surface area (Å²) in [6, 6.07) is 9.82. The van der Waals surface area contributed by atoms with Crippen LogP contribution in [0, 0.1) is 0 Å². The van der Waals surface area contributed by atoms with Gasteiger partial charge in [-0.3, -0.25) is 4.79 Å². The molecule has 0 amide bonds. The summed E-state index contributed by atoms with van der Waals surface area (Å²) in [5.41, 5.74) is 2.85. The van der Waals surface area contributed by atoms with E-state index in [0.29, 0.717) is 12.2 Å². The third-order valence-electron chi connectivity index (χ3n) is 3.13. The number of para-hydroxylation sites is 1. The molecular formula is C15H13N3O2. The van der Waals surface area contributed by atoms with Crippen molar-refractivity contribution in [2.45, 2.75) is 12.8 Å². The van der Waals surface area contributed by atoms with Crippen molar-refractivity contribution in [2.24, 2.45) is 0 Å². The van der Waals surface area contributed by atoms with Crippen molar-refractivity contribution >= 4 is 16.9 Å². The van der Waals surface area contributed by atoms with Gasteiger partial charge in [-0.05, 0) is 12.1 Å². The van der Waals surface area contributed by atoms with Gasteiger partial charge in [0.2, 0.25) is 0 Å². The van der Waals surface area contributed by atoms with Gasteiger partial charge in [0.05, 0.1) is 12.1 Å². The fourth-order valence-corrected chi connectivity index (χ4v) is 2.17. The minimum Gasteiger partial charge on any atom is -0.481 e. The van der Waals surface area contributed by atoms with Crippen LogP contribution in [-0.4, -0.2) is 26.0 Å². The van der Waals surface area contributed by atoms with Crippen LogP contribution in [0.5, 0.6) is 0 Å². The summed E-state index contributed by atoms with van der Waals surface area (Å²) in [7, 11) is 0. The quantitative estimate of drug-likeness (QED) is 0.761. The van der Waals surface area contributed by atoms with E-state index in [1.807, 2.05) is 36.5 Å². The van der Waals surface area contributed by atoms with Crippen molar-refractivity contribution in [3.8, 4) is 11.3 Å². The zero-order valence-corrected chi connectivity index (χ0v) is 10.7. The Morgan fingerprint density at radius 1 is 1.25 bits per heavy atom. The number of aromatic nitrogens is 3. The first kappa shape index (κ1) is 12.3. The maximum atomic E-state index is 10.6. The lowest BCUT2D eigenvalue weighted by molar-refractivity contribution is -0.137. The number of rotatable bonds is 4. The molecule has 100 valence electrons. The summed E-state index contributed by atoms with van der Waals surface area (Å²) < 4.78 is 0. The average molecular weight is 267 g/mol. The Kier molecular flexibility index (Phi) is 3.16. The fourth-order valence-electron chi connectivity index (χ4n) is 2.17. The minimum atomic E-state index is -0.842. The van der Waals surface area contributed by atoms with E-state index in [-0.39, 0.29) is 6.42 Å². The summed E-state index contributed by atoms with van der Waals surface area (Å²) >= 11 is 0. The van der Waals surface area contributed by atoms with Crippen LogP contribution in [0.4, 0.5) is 0 Å². The number of benzene rings is 1. The van der Waals surface area contributed by atoms with E-state index in [1.165, 1.54) is 0 Å². The number of aliphatic carboxylic acids is 1. The van der Waals surface area contributed by atoms with Crippen molar-refractivity contribution in [1.29, 1.82) is 0 Å². The van der Waals surface area contributed by atoms with Gasteiger partial charge in [-0.1, -0.05) is 18.2 Å². The molecule has 2 aromatic heterocycles. The maximum Gasteiger partial charge on any atom is 0.303 e. The predicted octanol–water partition coefficient (Wildman–Crippen LogP) is 2.64. The van der Waals surface area contributed by atoms with Crippen molar-refractivity contribution in [1.82, 2.24) is 15.0 Å². The second-order valence-electron chi connectivity index (χ2n) is 4.50. The molecule has 20 heavy (non-hydrogen) atoms. The molecule has 1 aromatic carbocycles. The summed E-state index contributed by atoms with van der Waals surface area (Å²) in [6.45, 7) is 0. The van der Waals surface area contributed by atoms with Gasteiger partial charge in [0.1, 0.15) is 5.82 Å². The number of aromatic amines is 1. The van der Waals surface area contributed by atoms with Crippen LogP contribution >= 0.6 is 0 Å². The third kappa shape index (κ3) is 2.38. The van der Waals surface area contributed by atoms with Crippen LogP contribution in [0.25, 0.3) is 22.2 Å². The highest BCUT2D eigenvalue weighted by molar-refractivity contribution is 5.94. The van der Waals surface area contributed by atoms with Crippen LogP contribution in [0.1, 0.15) is 12.2 Å². The Balaban J connectivity index is 1.97. The topological polar surface area (TPSA) is 78.9 Å². The Bertz CT molecular complexity index is 764. The highest BCUT2D eigenvalue weighted by atomic mass is 16.4. The first-order chi connectivity index (χ1) is 9.74. The van der Waals surface area contributed by atoms with E-state index in [9.17, 15) is 4.79 Å². The largest absolute Gasteiger partial charge is 0.481 e. The molecule has 5 heteroatoms. The van der Waals surface area contributed by atoms with Crippen molar-refractivity contribution in [3.05, 3.63) is 48.5 Å².